The molecule has 5 heteroatoms. The maximum Gasteiger partial charge on any atom is 0.285 e. The first-order valence-electron chi connectivity index (χ1n) is 4.20. The van der Waals surface area contributed by atoms with Gasteiger partial charge in [-0.1, -0.05) is 11.8 Å². The third-order valence-corrected chi connectivity index (χ3v) is 1.73. The van der Waals surface area contributed by atoms with E-state index in [9.17, 15) is 10.1 Å². The minimum Gasteiger partial charge on any atom is -0.497 e. The number of ether oxygens (including phenoxy) is 1. The van der Waals surface area contributed by atoms with Crippen LogP contribution in [-0.2, 0) is 0 Å². The van der Waals surface area contributed by atoms with Gasteiger partial charge in [0.15, 0.2) is 0 Å². The Balaban J connectivity index is 3.22. The van der Waals surface area contributed by atoms with Crippen molar-refractivity contribution in [3.8, 4) is 17.6 Å². The molecule has 0 bridgehead atoms. The van der Waals surface area contributed by atoms with Crippen molar-refractivity contribution < 1.29 is 9.66 Å². The molecule has 5 nitrogen and oxygen atoms in total. The van der Waals surface area contributed by atoms with Crippen LogP contribution in [-0.4, -0.2) is 18.6 Å². The zero-order chi connectivity index (χ0) is 11.3. The number of nitrogens with two attached hydrogens (primary N) is 1. The van der Waals surface area contributed by atoms with Crippen LogP contribution in [0.5, 0.6) is 5.75 Å². The highest BCUT2D eigenvalue weighted by atomic mass is 16.6. The average molecular weight is 206 g/mol. The van der Waals surface area contributed by atoms with Crippen LogP contribution in [0.25, 0.3) is 0 Å². The van der Waals surface area contributed by atoms with Gasteiger partial charge >= 0.3 is 0 Å². The van der Waals surface area contributed by atoms with Crippen LogP contribution in [0.1, 0.15) is 5.56 Å². The molecule has 2 N–H and O–H groups in total. The van der Waals surface area contributed by atoms with Crippen molar-refractivity contribution in [2.45, 2.75) is 0 Å². The molecule has 1 aromatic rings. The van der Waals surface area contributed by atoms with Crippen LogP contribution in [0, 0.1) is 22.0 Å². The monoisotopic (exact) mass is 206 g/mol. The molecule has 0 atom stereocenters. The Labute approximate surface area is 87.0 Å². The Hall–Kier alpha value is -2.06. The van der Waals surface area contributed by atoms with E-state index in [0.29, 0.717) is 11.3 Å². The van der Waals surface area contributed by atoms with E-state index in [1.54, 1.807) is 0 Å². The Bertz CT molecular complexity index is 432. The largest absolute Gasteiger partial charge is 0.497 e. The summed E-state index contributed by atoms with van der Waals surface area (Å²) < 4.78 is 4.95. The molecule has 0 spiro atoms. The van der Waals surface area contributed by atoms with Gasteiger partial charge in [0.1, 0.15) is 11.3 Å². The zero-order valence-electron chi connectivity index (χ0n) is 8.19. The number of nitro benzene ring substituents is 1. The molecule has 0 amide bonds. The molecular weight excluding hydrogens is 196 g/mol. The number of nitrogens with zero attached hydrogens (tertiary/aromatic N) is 1. The second-order valence-electron chi connectivity index (χ2n) is 2.65. The maximum atomic E-state index is 10.7. The summed E-state index contributed by atoms with van der Waals surface area (Å²) >= 11 is 0. The SMILES string of the molecule is COc1ccc([N+](=O)[O-])c(C#CCN)c1. The molecule has 15 heavy (non-hydrogen) atoms. The lowest BCUT2D eigenvalue weighted by Gasteiger charge is -2.00. The lowest BCUT2D eigenvalue weighted by atomic mass is 10.1. The van der Waals surface area contributed by atoms with Gasteiger partial charge in [0.05, 0.1) is 18.6 Å². The molecule has 1 rings (SSSR count). The normalized spacial score (nSPS) is 8.93. The van der Waals surface area contributed by atoms with Gasteiger partial charge in [-0.25, -0.2) is 0 Å². The number of hydrogen-bond donors (Lipinski definition) is 1. The fourth-order valence-corrected chi connectivity index (χ4v) is 1.05. The average Bonchev–Trinajstić information content (AvgIpc) is 2.25. The molecular formula is C10H10N2O3. The third-order valence-electron chi connectivity index (χ3n) is 1.73. The number of methoxy groups -OCH3 is 1. The minimum atomic E-state index is -0.486. The number of rotatable bonds is 2. The molecule has 0 aliphatic rings. The van der Waals surface area contributed by atoms with Gasteiger partial charge in [0, 0.05) is 12.1 Å². The Morgan fingerprint density at radius 2 is 2.33 bits per heavy atom. The van der Waals surface area contributed by atoms with Crippen LogP contribution in [0.2, 0.25) is 0 Å². The van der Waals surface area contributed by atoms with Crippen molar-refractivity contribution in [3.63, 3.8) is 0 Å². The smallest absolute Gasteiger partial charge is 0.285 e. The minimum absolute atomic E-state index is 0.0447. The fraction of sp³-hybridized carbons (Fsp3) is 0.200. The van der Waals surface area contributed by atoms with Crippen LogP contribution in [0.3, 0.4) is 0 Å². The number of hydrogen-bond acceptors (Lipinski definition) is 4. The van der Waals surface area contributed by atoms with Crippen LogP contribution in [0.15, 0.2) is 18.2 Å². The first kappa shape index (κ1) is 11.0. The predicted octanol–water partition coefficient (Wildman–Crippen LogP) is 0.914. The zero-order valence-corrected chi connectivity index (χ0v) is 8.19. The first-order valence-corrected chi connectivity index (χ1v) is 4.20. The second kappa shape index (κ2) is 4.98. The van der Waals surface area contributed by atoms with E-state index in [2.05, 4.69) is 11.8 Å². The third kappa shape index (κ3) is 2.69. The predicted molar refractivity (Wildman–Crippen MR) is 55.6 cm³/mol. The highest BCUT2D eigenvalue weighted by molar-refractivity contribution is 5.54. The molecule has 0 heterocycles. The Morgan fingerprint density at radius 3 is 2.87 bits per heavy atom. The topological polar surface area (TPSA) is 78.4 Å². The van der Waals surface area contributed by atoms with Gasteiger partial charge in [-0.3, -0.25) is 10.1 Å². The van der Waals surface area contributed by atoms with Gasteiger partial charge < -0.3 is 10.5 Å². The summed E-state index contributed by atoms with van der Waals surface area (Å²) in [5.74, 6) is 5.73. The maximum absolute atomic E-state index is 10.7. The van der Waals surface area contributed by atoms with Gasteiger partial charge in [0.25, 0.3) is 5.69 Å². The molecule has 0 aliphatic carbocycles. The van der Waals surface area contributed by atoms with E-state index in [4.69, 9.17) is 10.5 Å². The van der Waals surface area contributed by atoms with Crippen molar-refractivity contribution in [2.75, 3.05) is 13.7 Å². The van der Waals surface area contributed by atoms with Crippen molar-refractivity contribution in [1.82, 2.24) is 0 Å². The quantitative estimate of drug-likeness (QED) is 0.443. The van der Waals surface area contributed by atoms with E-state index in [0.717, 1.165) is 0 Å². The fourth-order valence-electron chi connectivity index (χ4n) is 1.05. The summed E-state index contributed by atoms with van der Waals surface area (Å²) in [6.45, 7) is 0.161. The summed E-state index contributed by atoms with van der Waals surface area (Å²) in [4.78, 5) is 10.2. The molecule has 78 valence electrons. The summed E-state index contributed by atoms with van der Waals surface area (Å²) in [5, 5.41) is 10.7. The van der Waals surface area contributed by atoms with Gasteiger partial charge in [-0.15, -0.1) is 0 Å². The van der Waals surface area contributed by atoms with Crippen molar-refractivity contribution in [2.24, 2.45) is 5.73 Å². The molecule has 0 radical (unpaired) electrons. The lowest BCUT2D eigenvalue weighted by molar-refractivity contribution is -0.385. The number of benzene rings is 1. The standard InChI is InChI=1S/C10H10N2O3/c1-15-9-4-5-10(12(13)14)8(7-9)3-2-6-11/h4-5,7H,6,11H2,1H3. The summed E-state index contributed by atoms with van der Waals surface area (Å²) in [7, 11) is 1.49. The van der Waals surface area contributed by atoms with E-state index in [1.807, 2.05) is 0 Å². The summed E-state index contributed by atoms with van der Waals surface area (Å²) in [5.41, 5.74) is 5.46. The van der Waals surface area contributed by atoms with E-state index < -0.39 is 4.92 Å². The number of nitro groups is 1. The first-order chi connectivity index (χ1) is 7.19. The van der Waals surface area contributed by atoms with Crippen LogP contribution < -0.4 is 10.5 Å². The summed E-state index contributed by atoms with van der Waals surface area (Å²) in [6, 6.07) is 4.39. The van der Waals surface area contributed by atoms with E-state index in [1.165, 1.54) is 25.3 Å². The van der Waals surface area contributed by atoms with Gasteiger partial charge in [-0.05, 0) is 6.07 Å². The van der Waals surface area contributed by atoms with Gasteiger partial charge in [-0.2, -0.15) is 0 Å². The molecule has 0 fully saturated rings. The second-order valence-corrected chi connectivity index (χ2v) is 2.65. The summed E-state index contributed by atoms with van der Waals surface area (Å²) in [6.07, 6.45) is 0. The molecule has 1 aromatic carbocycles. The van der Waals surface area contributed by atoms with Crippen LogP contribution in [0.4, 0.5) is 5.69 Å². The molecule has 0 aliphatic heterocycles. The Kier molecular flexibility index (Phi) is 3.66. The molecule has 0 aromatic heterocycles. The van der Waals surface area contributed by atoms with Gasteiger partial charge in [0.2, 0.25) is 0 Å². The molecule has 0 saturated carbocycles. The van der Waals surface area contributed by atoms with E-state index in [-0.39, 0.29) is 12.2 Å². The molecule has 0 unspecified atom stereocenters. The lowest BCUT2D eigenvalue weighted by Crippen LogP contribution is -1.96. The van der Waals surface area contributed by atoms with E-state index >= 15 is 0 Å². The highest BCUT2D eigenvalue weighted by Gasteiger charge is 2.12. The Morgan fingerprint density at radius 1 is 1.60 bits per heavy atom. The van der Waals surface area contributed by atoms with Crippen molar-refractivity contribution in [1.29, 1.82) is 0 Å². The van der Waals surface area contributed by atoms with Crippen molar-refractivity contribution >= 4 is 5.69 Å². The van der Waals surface area contributed by atoms with Crippen molar-refractivity contribution in [3.05, 3.63) is 33.9 Å². The molecule has 0 saturated heterocycles. The highest BCUT2D eigenvalue weighted by Crippen LogP contribution is 2.22. The van der Waals surface area contributed by atoms with Crippen LogP contribution >= 0.6 is 0 Å².